The Labute approximate surface area is 89.7 Å². The van der Waals surface area contributed by atoms with Gasteiger partial charge in [0.25, 0.3) is 0 Å². The van der Waals surface area contributed by atoms with Crippen molar-refractivity contribution >= 4 is 27.5 Å². The van der Waals surface area contributed by atoms with Crippen molar-refractivity contribution in [2.75, 3.05) is 0 Å². The topological polar surface area (TPSA) is 9.23 Å². The first-order valence-electron chi connectivity index (χ1n) is 3.20. The second-order valence-electron chi connectivity index (χ2n) is 2.25. The molecule has 0 atom stereocenters. The molecule has 1 nitrogen and oxygen atoms in total. The van der Waals surface area contributed by atoms with Crippen LogP contribution in [0.3, 0.4) is 0 Å². The monoisotopic (exact) mass is 292 g/mol. The molecule has 0 aliphatic carbocycles. The van der Waals surface area contributed by atoms with Crippen molar-refractivity contribution in [3.05, 3.63) is 27.4 Å². The highest BCUT2D eigenvalue weighted by atomic mass is 79.9. The zero-order valence-corrected chi connectivity index (χ0v) is 8.67. The standard InChI is InChI=1S/C7H2BrClF4O/c8-4-1-3(9)2-5(10)6(4)14-7(11,12)13/h1-2H. The molecule has 0 spiro atoms. The molecule has 0 aromatic heterocycles. The van der Waals surface area contributed by atoms with E-state index in [0.717, 1.165) is 12.1 Å². The zero-order valence-electron chi connectivity index (χ0n) is 6.33. The van der Waals surface area contributed by atoms with Crippen LogP contribution in [0.15, 0.2) is 16.6 Å². The van der Waals surface area contributed by atoms with Crippen LogP contribution in [0.4, 0.5) is 17.6 Å². The van der Waals surface area contributed by atoms with Crippen LogP contribution in [0.25, 0.3) is 0 Å². The summed E-state index contributed by atoms with van der Waals surface area (Å²) in [5, 5.41) is -0.0242. The molecule has 0 heterocycles. The van der Waals surface area contributed by atoms with E-state index in [2.05, 4.69) is 20.7 Å². The number of alkyl halides is 3. The largest absolute Gasteiger partial charge is 0.573 e. The molecule has 78 valence electrons. The maximum atomic E-state index is 12.9. The summed E-state index contributed by atoms with van der Waals surface area (Å²) in [7, 11) is 0. The summed E-state index contributed by atoms with van der Waals surface area (Å²) in [5.41, 5.74) is 0. The van der Waals surface area contributed by atoms with E-state index < -0.39 is 17.9 Å². The normalized spacial score (nSPS) is 11.6. The average molecular weight is 293 g/mol. The Balaban J connectivity index is 3.09. The number of halogens is 6. The van der Waals surface area contributed by atoms with Crippen LogP contribution in [0.1, 0.15) is 0 Å². The van der Waals surface area contributed by atoms with Crippen molar-refractivity contribution < 1.29 is 22.3 Å². The summed E-state index contributed by atoms with van der Waals surface area (Å²) in [6.45, 7) is 0. The van der Waals surface area contributed by atoms with Gasteiger partial charge < -0.3 is 4.74 Å². The molecule has 0 aliphatic rings. The first kappa shape index (κ1) is 11.6. The van der Waals surface area contributed by atoms with Crippen LogP contribution in [-0.2, 0) is 0 Å². The van der Waals surface area contributed by atoms with E-state index in [1.807, 2.05) is 0 Å². The summed E-state index contributed by atoms with van der Waals surface area (Å²) in [6.07, 6.45) is -4.93. The van der Waals surface area contributed by atoms with E-state index in [-0.39, 0.29) is 9.50 Å². The first-order valence-corrected chi connectivity index (χ1v) is 4.37. The second-order valence-corrected chi connectivity index (χ2v) is 3.54. The Morgan fingerprint density at radius 2 is 1.86 bits per heavy atom. The molecule has 0 saturated carbocycles. The van der Waals surface area contributed by atoms with E-state index in [1.54, 1.807) is 0 Å². The van der Waals surface area contributed by atoms with Gasteiger partial charge in [-0.05, 0) is 28.1 Å². The van der Waals surface area contributed by atoms with Gasteiger partial charge in [0.15, 0.2) is 11.6 Å². The van der Waals surface area contributed by atoms with Crippen LogP contribution in [0, 0.1) is 5.82 Å². The molecule has 14 heavy (non-hydrogen) atoms. The quantitative estimate of drug-likeness (QED) is 0.707. The van der Waals surface area contributed by atoms with Gasteiger partial charge in [0.1, 0.15) is 0 Å². The van der Waals surface area contributed by atoms with E-state index in [4.69, 9.17) is 11.6 Å². The predicted molar refractivity (Wildman–Crippen MR) is 45.8 cm³/mol. The minimum absolute atomic E-state index is 0.0242. The van der Waals surface area contributed by atoms with Gasteiger partial charge in [0.2, 0.25) is 0 Å². The lowest BCUT2D eigenvalue weighted by molar-refractivity contribution is -0.275. The molecule has 1 aromatic carbocycles. The van der Waals surface area contributed by atoms with Crippen LogP contribution in [0.2, 0.25) is 5.02 Å². The Hall–Kier alpha value is -0.490. The van der Waals surface area contributed by atoms with Crippen LogP contribution in [-0.4, -0.2) is 6.36 Å². The fraction of sp³-hybridized carbons (Fsp3) is 0.143. The third kappa shape index (κ3) is 3.02. The van der Waals surface area contributed by atoms with Crippen LogP contribution < -0.4 is 4.74 Å². The van der Waals surface area contributed by atoms with E-state index >= 15 is 0 Å². The van der Waals surface area contributed by atoms with Crippen molar-refractivity contribution in [2.24, 2.45) is 0 Å². The predicted octanol–water partition coefficient (Wildman–Crippen LogP) is 4.14. The van der Waals surface area contributed by atoms with Gasteiger partial charge >= 0.3 is 6.36 Å². The Morgan fingerprint density at radius 3 is 2.29 bits per heavy atom. The Kier molecular flexibility index (Phi) is 3.26. The minimum atomic E-state index is -4.93. The van der Waals surface area contributed by atoms with Crippen molar-refractivity contribution in [3.8, 4) is 5.75 Å². The van der Waals surface area contributed by atoms with E-state index in [0.29, 0.717) is 0 Å². The highest BCUT2D eigenvalue weighted by molar-refractivity contribution is 9.10. The number of hydrogen-bond acceptors (Lipinski definition) is 1. The highest BCUT2D eigenvalue weighted by Gasteiger charge is 2.33. The highest BCUT2D eigenvalue weighted by Crippen LogP contribution is 2.35. The fourth-order valence-corrected chi connectivity index (χ4v) is 1.60. The van der Waals surface area contributed by atoms with E-state index in [9.17, 15) is 17.6 Å². The number of rotatable bonds is 1. The molecule has 0 bridgehead atoms. The molecule has 1 rings (SSSR count). The lowest BCUT2D eigenvalue weighted by Crippen LogP contribution is -2.18. The number of benzene rings is 1. The molecule has 0 amide bonds. The third-order valence-corrected chi connectivity index (χ3v) is 1.99. The maximum absolute atomic E-state index is 12.9. The van der Waals surface area contributed by atoms with Crippen molar-refractivity contribution in [2.45, 2.75) is 6.36 Å². The number of ether oxygens (including phenoxy) is 1. The smallest absolute Gasteiger partial charge is 0.401 e. The molecule has 0 fully saturated rings. The molecule has 1 aromatic rings. The Morgan fingerprint density at radius 1 is 1.29 bits per heavy atom. The maximum Gasteiger partial charge on any atom is 0.573 e. The molecule has 0 N–H and O–H groups in total. The summed E-state index contributed by atoms with van der Waals surface area (Å²) >= 11 is 8.09. The van der Waals surface area contributed by atoms with Crippen LogP contribution >= 0.6 is 27.5 Å². The molecular formula is C7H2BrClF4O. The van der Waals surface area contributed by atoms with Crippen LogP contribution in [0.5, 0.6) is 5.75 Å². The van der Waals surface area contributed by atoms with Gasteiger partial charge in [-0.15, -0.1) is 13.2 Å². The molecule has 0 unspecified atom stereocenters. The van der Waals surface area contributed by atoms with Gasteiger partial charge in [-0.1, -0.05) is 11.6 Å². The molecule has 0 saturated heterocycles. The summed E-state index contributed by atoms with van der Waals surface area (Å²) < 4.78 is 51.4. The molecule has 0 aliphatic heterocycles. The minimum Gasteiger partial charge on any atom is -0.401 e. The molecular weight excluding hydrogens is 291 g/mol. The fourth-order valence-electron chi connectivity index (χ4n) is 0.742. The lowest BCUT2D eigenvalue weighted by Gasteiger charge is -2.11. The molecule has 0 radical (unpaired) electrons. The van der Waals surface area contributed by atoms with Crippen molar-refractivity contribution in [1.82, 2.24) is 0 Å². The summed E-state index contributed by atoms with van der Waals surface area (Å²) in [5.74, 6) is -2.11. The average Bonchev–Trinajstić information content (AvgIpc) is 1.95. The molecule has 7 heteroatoms. The second kappa shape index (κ2) is 3.94. The van der Waals surface area contributed by atoms with Gasteiger partial charge in [-0.25, -0.2) is 4.39 Å². The van der Waals surface area contributed by atoms with Gasteiger partial charge in [0.05, 0.1) is 4.47 Å². The van der Waals surface area contributed by atoms with Gasteiger partial charge in [0, 0.05) is 5.02 Å². The SMILES string of the molecule is Fc1cc(Cl)cc(Br)c1OC(F)(F)F. The van der Waals surface area contributed by atoms with Crippen molar-refractivity contribution in [3.63, 3.8) is 0 Å². The summed E-state index contributed by atoms with van der Waals surface area (Å²) in [4.78, 5) is 0. The van der Waals surface area contributed by atoms with Gasteiger partial charge in [-0.2, -0.15) is 0 Å². The van der Waals surface area contributed by atoms with Gasteiger partial charge in [-0.3, -0.25) is 0 Å². The number of hydrogen-bond donors (Lipinski definition) is 0. The third-order valence-electron chi connectivity index (χ3n) is 1.18. The Bertz CT molecular complexity index is 329. The van der Waals surface area contributed by atoms with Crippen molar-refractivity contribution in [1.29, 1.82) is 0 Å². The zero-order chi connectivity index (χ0) is 10.9. The first-order chi connectivity index (χ1) is 6.29. The summed E-state index contributed by atoms with van der Waals surface area (Å²) in [6, 6.07) is 1.83. The van der Waals surface area contributed by atoms with E-state index in [1.165, 1.54) is 0 Å². The lowest BCUT2D eigenvalue weighted by atomic mass is 10.3.